The highest BCUT2D eigenvalue weighted by atomic mass is 35.5. The Kier molecular flexibility index (Phi) is 7.21. The largest absolute Gasteiger partial charge is 0.573 e. The zero-order chi connectivity index (χ0) is 27.0. The first-order valence-electron chi connectivity index (χ1n) is 10.9. The van der Waals surface area contributed by atoms with E-state index in [4.69, 9.17) is 16.3 Å². The standard InChI is InChI=1S/C27H20ClF3O5S/c1-16-19(14-25(32)35-2)13-18-3-6-20(28)15-24(18)26(16)17-4-9-22(10-5-17)37(33,34)23-11-7-21(8-12-23)36-27(29,30)31/h3-13,15H,14H2,1-2H3. The molecule has 10 heteroatoms. The van der Waals surface area contributed by atoms with Gasteiger partial charge in [0.05, 0.1) is 23.3 Å². The normalized spacial score (nSPS) is 11.9. The molecule has 5 nitrogen and oxygen atoms in total. The summed E-state index contributed by atoms with van der Waals surface area (Å²) >= 11 is 6.25. The smallest absolute Gasteiger partial charge is 0.469 e. The second-order valence-electron chi connectivity index (χ2n) is 8.20. The first-order chi connectivity index (χ1) is 17.4. The van der Waals surface area contributed by atoms with Crippen LogP contribution in [0.2, 0.25) is 5.02 Å². The van der Waals surface area contributed by atoms with Crippen LogP contribution in [0.4, 0.5) is 13.2 Å². The van der Waals surface area contributed by atoms with Crippen LogP contribution in [0, 0.1) is 6.92 Å². The molecule has 0 saturated heterocycles. The maximum absolute atomic E-state index is 13.1. The molecule has 0 radical (unpaired) electrons. The molecule has 0 aliphatic rings. The fourth-order valence-corrected chi connectivity index (χ4v) is 5.50. The summed E-state index contributed by atoms with van der Waals surface area (Å²) in [6.45, 7) is 1.86. The molecule has 37 heavy (non-hydrogen) atoms. The Morgan fingerprint density at radius 2 is 1.51 bits per heavy atom. The van der Waals surface area contributed by atoms with Crippen LogP contribution in [0.5, 0.6) is 5.75 Å². The fourth-order valence-electron chi connectivity index (χ4n) is 4.07. The zero-order valence-electron chi connectivity index (χ0n) is 19.6. The minimum absolute atomic E-state index is 0.0357. The number of carbonyl (C=O) groups is 1. The van der Waals surface area contributed by atoms with Gasteiger partial charge in [-0.05, 0) is 88.5 Å². The van der Waals surface area contributed by atoms with Gasteiger partial charge in [-0.25, -0.2) is 8.42 Å². The Balaban J connectivity index is 1.75. The van der Waals surface area contributed by atoms with E-state index in [0.717, 1.165) is 51.7 Å². The number of hydrogen-bond donors (Lipinski definition) is 0. The molecule has 0 spiro atoms. The summed E-state index contributed by atoms with van der Waals surface area (Å²) in [6, 6.07) is 17.4. The quantitative estimate of drug-likeness (QED) is 0.245. The van der Waals surface area contributed by atoms with Crippen LogP contribution in [0.25, 0.3) is 21.9 Å². The molecule has 0 bridgehead atoms. The van der Waals surface area contributed by atoms with E-state index >= 15 is 0 Å². The number of rotatable bonds is 6. The van der Waals surface area contributed by atoms with Crippen LogP contribution in [0.15, 0.2) is 82.6 Å². The minimum atomic E-state index is -4.88. The monoisotopic (exact) mass is 548 g/mol. The summed E-state index contributed by atoms with van der Waals surface area (Å²) in [6.07, 6.45) is -4.81. The number of sulfone groups is 1. The molecule has 0 atom stereocenters. The lowest BCUT2D eigenvalue weighted by atomic mass is 9.89. The Bertz CT molecular complexity index is 1580. The van der Waals surface area contributed by atoms with Gasteiger partial charge in [0, 0.05) is 5.02 Å². The Morgan fingerprint density at radius 1 is 0.919 bits per heavy atom. The van der Waals surface area contributed by atoms with Gasteiger partial charge in [0.2, 0.25) is 9.84 Å². The second kappa shape index (κ2) is 10.1. The second-order valence-corrected chi connectivity index (χ2v) is 10.6. The first kappa shape index (κ1) is 26.5. The number of hydrogen-bond acceptors (Lipinski definition) is 5. The highest BCUT2D eigenvalue weighted by Crippen LogP contribution is 2.37. The van der Waals surface area contributed by atoms with Gasteiger partial charge in [0.25, 0.3) is 0 Å². The third kappa shape index (κ3) is 5.73. The van der Waals surface area contributed by atoms with Gasteiger partial charge in [0.15, 0.2) is 0 Å². The van der Waals surface area contributed by atoms with E-state index in [1.165, 1.54) is 19.2 Å². The van der Waals surface area contributed by atoms with Gasteiger partial charge in [-0.1, -0.05) is 35.9 Å². The van der Waals surface area contributed by atoms with Crippen LogP contribution in [0.1, 0.15) is 11.1 Å². The summed E-state index contributed by atoms with van der Waals surface area (Å²) in [4.78, 5) is 11.8. The van der Waals surface area contributed by atoms with Crippen molar-refractivity contribution in [3.63, 3.8) is 0 Å². The number of carbonyl (C=O) groups excluding carboxylic acids is 1. The van der Waals surface area contributed by atoms with Crippen LogP contribution < -0.4 is 4.74 Å². The molecule has 192 valence electrons. The number of benzene rings is 4. The van der Waals surface area contributed by atoms with Crippen molar-refractivity contribution in [2.24, 2.45) is 0 Å². The fraction of sp³-hybridized carbons (Fsp3) is 0.148. The number of methoxy groups -OCH3 is 1. The SMILES string of the molecule is COC(=O)Cc1cc2ccc(Cl)cc2c(-c2ccc(S(=O)(=O)c3ccc(OC(F)(F)F)cc3)cc2)c1C. The van der Waals surface area contributed by atoms with Crippen molar-refractivity contribution in [2.45, 2.75) is 29.5 Å². The first-order valence-corrected chi connectivity index (χ1v) is 12.7. The maximum Gasteiger partial charge on any atom is 0.573 e. The Morgan fingerprint density at radius 3 is 2.08 bits per heavy atom. The lowest BCUT2D eigenvalue weighted by molar-refractivity contribution is -0.274. The van der Waals surface area contributed by atoms with Gasteiger partial charge in [-0.3, -0.25) is 4.79 Å². The van der Waals surface area contributed by atoms with E-state index in [1.807, 2.05) is 19.1 Å². The molecule has 0 amide bonds. The van der Waals surface area contributed by atoms with Gasteiger partial charge >= 0.3 is 12.3 Å². The van der Waals surface area contributed by atoms with Crippen molar-refractivity contribution < 1.29 is 35.9 Å². The van der Waals surface area contributed by atoms with Crippen LogP contribution in [-0.4, -0.2) is 27.9 Å². The lowest BCUT2D eigenvalue weighted by Crippen LogP contribution is -2.17. The summed E-state index contributed by atoms with van der Waals surface area (Å²) in [7, 11) is -2.69. The van der Waals surface area contributed by atoms with Crippen molar-refractivity contribution in [1.29, 1.82) is 0 Å². The molecule has 4 aromatic carbocycles. The lowest BCUT2D eigenvalue weighted by Gasteiger charge is -2.16. The molecule has 0 aliphatic heterocycles. The zero-order valence-corrected chi connectivity index (χ0v) is 21.2. The van der Waals surface area contributed by atoms with Gasteiger partial charge in [-0.15, -0.1) is 13.2 Å². The molecule has 0 heterocycles. The topological polar surface area (TPSA) is 69.7 Å². The van der Waals surface area contributed by atoms with Gasteiger partial charge in [-0.2, -0.15) is 0 Å². The number of ether oxygens (including phenoxy) is 2. The molecule has 4 rings (SSSR count). The van der Waals surface area contributed by atoms with Crippen molar-refractivity contribution in [2.75, 3.05) is 7.11 Å². The average Bonchev–Trinajstić information content (AvgIpc) is 2.84. The van der Waals surface area contributed by atoms with E-state index in [0.29, 0.717) is 10.6 Å². The van der Waals surface area contributed by atoms with Gasteiger partial charge < -0.3 is 9.47 Å². The minimum Gasteiger partial charge on any atom is -0.469 e. The van der Waals surface area contributed by atoms with Crippen molar-refractivity contribution >= 4 is 38.2 Å². The van der Waals surface area contributed by atoms with Crippen molar-refractivity contribution in [3.8, 4) is 16.9 Å². The number of fused-ring (bicyclic) bond motifs is 1. The maximum atomic E-state index is 13.1. The van der Waals surface area contributed by atoms with E-state index < -0.39 is 27.9 Å². The predicted molar refractivity (Wildman–Crippen MR) is 133 cm³/mol. The molecule has 4 aromatic rings. The molecule has 0 aromatic heterocycles. The van der Waals surface area contributed by atoms with Gasteiger partial charge in [0.1, 0.15) is 5.75 Å². The van der Waals surface area contributed by atoms with Crippen molar-refractivity contribution in [3.05, 3.63) is 88.9 Å². The third-order valence-corrected chi connectivity index (χ3v) is 7.88. The summed E-state index contributed by atoms with van der Waals surface area (Å²) in [5, 5.41) is 2.20. The molecular formula is C27H20ClF3O5S. The summed E-state index contributed by atoms with van der Waals surface area (Å²) in [5.74, 6) is -0.912. The predicted octanol–water partition coefficient (Wildman–Crippen LogP) is 6.92. The van der Waals surface area contributed by atoms with Crippen LogP contribution in [0.3, 0.4) is 0 Å². The van der Waals surface area contributed by atoms with E-state index in [2.05, 4.69) is 4.74 Å². The van der Waals surface area contributed by atoms with Crippen LogP contribution in [-0.2, 0) is 25.8 Å². The Hall–Kier alpha value is -3.56. The van der Waals surface area contributed by atoms with E-state index in [1.54, 1.807) is 24.3 Å². The number of halogens is 4. The average molecular weight is 549 g/mol. The molecule has 0 unspecified atom stereocenters. The van der Waals surface area contributed by atoms with E-state index in [9.17, 15) is 26.4 Å². The summed E-state index contributed by atoms with van der Waals surface area (Å²) < 4.78 is 72.0. The molecular weight excluding hydrogens is 529 g/mol. The summed E-state index contributed by atoms with van der Waals surface area (Å²) in [5.41, 5.74) is 3.06. The van der Waals surface area contributed by atoms with Crippen molar-refractivity contribution in [1.82, 2.24) is 0 Å². The van der Waals surface area contributed by atoms with Crippen LogP contribution >= 0.6 is 11.6 Å². The Labute approximate surface area is 216 Å². The molecule has 0 N–H and O–H groups in total. The molecule has 0 fully saturated rings. The molecule has 0 saturated carbocycles. The highest BCUT2D eigenvalue weighted by molar-refractivity contribution is 7.91. The highest BCUT2D eigenvalue weighted by Gasteiger charge is 2.31. The number of alkyl halides is 3. The third-order valence-electron chi connectivity index (χ3n) is 5.85. The number of esters is 1. The molecule has 0 aliphatic carbocycles. The van der Waals surface area contributed by atoms with E-state index in [-0.39, 0.29) is 16.2 Å².